The number of rotatable bonds is 3. The Morgan fingerprint density at radius 1 is 1.24 bits per heavy atom. The molecule has 1 aromatic rings. The molecule has 4 heteroatoms. The molecule has 2 fully saturated rings. The third-order valence-electron chi connectivity index (χ3n) is 5.13. The Morgan fingerprint density at radius 2 is 2.00 bits per heavy atom. The first-order valence-electron chi connectivity index (χ1n) is 7.94. The zero-order chi connectivity index (χ0) is 14.9. The molecule has 2 aliphatic rings. The van der Waals surface area contributed by atoms with Gasteiger partial charge in [-0.05, 0) is 37.6 Å². The van der Waals surface area contributed by atoms with E-state index in [0.29, 0.717) is 13.1 Å². The summed E-state index contributed by atoms with van der Waals surface area (Å²) in [6, 6.07) is 8.50. The number of benzene rings is 1. The van der Waals surface area contributed by atoms with E-state index < -0.39 is 0 Å². The molecule has 1 amide bonds. The third kappa shape index (κ3) is 2.70. The number of hydrogen-bond donors (Lipinski definition) is 1. The van der Waals surface area contributed by atoms with Crippen LogP contribution in [0.2, 0.25) is 0 Å². The summed E-state index contributed by atoms with van der Waals surface area (Å²) in [4.78, 5) is 16.2. The highest BCUT2D eigenvalue weighted by atomic mass is 16.2. The molecule has 114 valence electrons. The van der Waals surface area contributed by atoms with E-state index >= 15 is 0 Å². The van der Waals surface area contributed by atoms with Crippen molar-refractivity contribution in [1.29, 1.82) is 0 Å². The van der Waals surface area contributed by atoms with Crippen LogP contribution in [0.25, 0.3) is 0 Å². The van der Waals surface area contributed by atoms with Crippen LogP contribution >= 0.6 is 0 Å². The van der Waals surface area contributed by atoms with Gasteiger partial charge in [0.1, 0.15) is 0 Å². The number of nitrogens with zero attached hydrogens (tertiary/aromatic N) is 2. The van der Waals surface area contributed by atoms with Crippen molar-refractivity contribution >= 4 is 11.6 Å². The molecule has 1 saturated carbocycles. The Bertz CT molecular complexity index is 523. The highest BCUT2D eigenvalue weighted by molar-refractivity contribution is 5.95. The Balaban J connectivity index is 1.88. The van der Waals surface area contributed by atoms with Gasteiger partial charge in [0, 0.05) is 30.7 Å². The number of likely N-dealkylation sites (N-methyl/N-ethyl adjacent to an activating group) is 1. The van der Waals surface area contributed by atoms with E-state index in [9.17, 15) is 4.79 Å². The van der Waals surface area contributed by atoms with Crippen LogP contribution < -0.4 is 10.6 Å². The van der Waals surface area contributed by atoms with E-state index in [0.717, 1.165) is 18.8 Å². The Labute approximate surface area is 126 Å². The molecule has 1 aliphatic carbocycles. The van der Waals surface area contributed by atoms with Crippen molar-refractivity contribution in [2.45, 2.75) is 31.1 Å². The van der Waals surface area contributed by atoms with Crippen molar-refractivity contribution in [3.63, 3.8) is 0 Å². The Kier molecular flexibility index (Phi) is 4.00. The van der Waals surface area contributed by atoms with E-state index in [-0.39, 0.29) is 11.3 Å². The highest BCUT2D eigenvalue weighted by Crippen LogP contribution is 2.41. The van der Waals surface area contributed by atoms with Crippen molar-refractivity contribution in [3.8, 4) is 0 Å². The van der Waals surface area contributed by atoms with Crippen molar-refractivity contribution in [2.75, 3.05) is 38.1 Å². The monoisotopic (exact) mass is 287 g/mol. The van der Waals surface area contributed by atoms with Crippen LogP contribution in [-0.2, 0) is 10.2 Å². The molecule has 1 heterocycles. The third-order valence-corrected chi connectivity index (χ3v) is 5.13. The van der Waals surface area contributed by atoms with E-state index in [1.165, 1.54) is 31.2 Å². The fourth-order valence-electron chi connectivity index (χ4n) is 3.73. The summed E-state index contributed by atoms with van der Waals surface area (Å²) in [5, 5.41) is 0. The van der Waals surface area contributed by atoms with Gasteiger partial charge in [0.2, 0.25) is 5.91 Å². The molecule has 0 bridgehead atoms. The Hall–Kier alpha value is -1.39. The lowest BCUT2D eigenvalue weighted by molar-refractivity contribution is -0.120. The molecule has 0 atom stereocenters. The van der Waals surface area contributed by atoms with E-state index in [1.807, 2.05) is 18.0 Å². The van der Waals surface area contributed by atoms with Crippen LogP contribution in [0.4, 0.5) is 5.69 Å². The molecule has 2 N–H and O–H groups in total. The zero-order valence-corrected chi connectivity index (χ0v) is 12.8. The molecule has 4 nitrogen and oxygen atoms in total. The number of piperazine rings is 1. The SMILES string of the molecule is CN1CCN(c2cccc(C3(CN)CCCC3)c2)C(=O)C1. The second-order valence-electron chi connectivity index (χ2n) is 6.53. The minimum absolute atomic E-state index is 0.131. The van der Waals surface area contributed by atoms with Crippen molar-refractivity contribution < 1.29 is 4.79 Å². The van der Waals surface area contributed by atoms with Gasteiger partial charge in [-0.15, -0.1) is 0 Å². The number of amides is 1. The van der Waals surface area contributed by atoms with Gasteiger partial charge >= 0.3 is 0 Å². The maximum atomic E-state index is 12.2. The molecule has 0 aromatic heterocycles. The van der Waals surface area contributed by atoms with Crippen LogP contribution in [-0.4, -0.2) is 44.0 Å². The molecule has 0 unspecified atom stereocenters. The van der Waals surface area contributed by atoms with Crippen LogP contribution in [0.1, 0.15) is 31.2 Å². The summed E-state index contributed by atoms with van der Waals surface area (Å²) in [7, 11) is 1.99. The average Bonchev–Trinajstić information content (AvgIpc) is 2.97. The highest BCUT2D eigenvalue weighted by Gasteiger charge is 2.34. The summed E-state index contributed by atoms with van der Waals surface area (Å²) in [5.41, 5.74) is 8.56. The lowest BCUT2D eigenvalue weighted by atomic mass is 9.79. The molecule has 0 radical (unpaired) electrons. The van der Waals surface area contributed by atoms with Gasteiger partial charge < -0.3 is 10.6 Å². The topological polar surface area (TPSA) is 49.6 Å². The van der Waals surface area contributed by atoms with Gasteiger partial charge in [-0.2, -0.15) is 0 Å². The molecular weight excluding hydrogens is 262 g/mol. The number of anilines is 1. The van der Waals surface area contributed by atoms with Gasteiger partial charge in [0.15, 0.2) is 0 Å². The molecule has 21 heavy (non-hydrogen) atoms. The zero-order valence-electron chi connectivity index (χ0n) is 12.8. The maximum absolute atomic E-state index is 12.2. The average molecular weight is 287 g/mol. The lowest BCUT2D eigenvalue weighted by Gasteiger charge is -2.34. The fraction of sp³-hybridized carbons (Fsp3) is 0.588. The number of hydrogen-bond acceptors (Lipinski definition) is 3. The largest absolute Gasteiger partial charge is 0.330 e. The lowest BCUT2D eigenvalue weighted by Crippen LogP contribution is -2.49. The fourth-order valence-corrected chi connectivity index (χ4v) is 3.73. The van der Waals surface area contributed by atoms with Gasteiger partial charge in [-0.25, -0.2) is 0 Å². The number of carbonyl (C=O) groups excluding carboxylic acids is 1. The molecule has 1 aliphatic heterocycles. The van der Waals surface area contributed by atoms with Crippen LogP contribution in [0.15, 0.2) is 24.3 Å². The molecule has 1 aromatic carbocycles. The van der Waals surface area contributed by atoms with Crippen LogP contribution in [0.3, 0.4) is 0 Å². The van der Waals surface area contributed by atoms with Crippen molar-refractivity contribution in [3.05, 3.63) is 29.8 Å². The van der Waals surface area contributed by atoms with Gasteiger partial charge in [-0.1, -0.05) is 25.0 Å². The first-order valence-corrected chi connectivity index (χ1v) is 7.94. The van der Waals surface area contributed by atoms with Crippen LogP contribution in [0, 0.1) is 0 Å². The second-order valence-corrected chi connectivity index (χ2v) is 6.53. The molecule has 3 rings (SSSR count). The minimum Gasteiger partial charge on any atom is -0.330 e. The normalized spacial score (nSPS) is 22.8. The summed E-state index contributed by atoms with van der Waals surface area (Å²) in [5.74, 6) is 0.189. The van der Waals surface area contributed by atoms with E-state index in [2.05, 4.69) is 23.1 Å². The first-order chi connectivity index (χ1) is 10.1. The van der Waals surface area contributed by atoms with Crippen LogP contribution in [0.5, 0.6) is 0 Å². The Morgan fingerprint density at radius 3 is 2.67 bits per heavy atom. The quantitative estimate of drug-likeness (QED) is 0.921. The number of carbonyl (C=O) groups is 1. The molecular formula is C17H25N3O. The van der Waals surface area contributed by atoms with Crippen molar-refractivity contribution in [1.82, 2.24) is 4.90 Å². The first kappa shape index (κ1) is 14.5. The standard InChI is InChI=1S/C17H25N3O/c1-19-9-10-20(16(21)12-19)15-6-4-5-14(11-15)17(13-18)7-2-3-8-17/h4-6,11H,2-3,7-10,12-13,18H2,1H3. The second kappa shape index (κ2) is 5.78. The smallest absolute Gasteiger partial charge is 0.241 e. The summed E-state index contributed by atoms with van der Waals surface area (Å²) >= 11 is 0. The molecule has 1 saturated heterocycles. The predicted octanol–water partition coefficient (Wildman–Crippen LogP) is 1.74. The van der Waals surface area contributed by atoms with E-state index in [1.54, 1.807) is 0 Å². The van der Waals surface area contributed by atoms with E-state index in [4.69, 9.17) is 5.73 Å². The van der Waals surface area contributed by atoms with Gasteiger partial charge in [0.25, 0.3) is 0 Å². The summed E-state index contributed by atoms with van der Waals surface area (Å²) < 4.78 is 0. The maximum Gasteiger partial charge on any atom is 0.241 e. The minimum atomic E-state index is 0.131. The molecule has 0 spiro atoms. The summed E-state index contributed by atoms with van der Waals surface area (Å²) in [6.07, 6.45) is 4.86. The van der Waals surface area contributed by atoms with Crippen molar-refractivity contribution in [2.24, 2.45) is 5.73 Å². The summed E-state index contributed by atoms with van der Waals surface area (Å²) in [6.45, 7) is 2.91. The predicted molar refractivity (Wildman–Crippen MR) is 85.5 cm³/mol. The number of nitrogens with two attached hydrogens (primary N) is 1. The van der Waals surface area contributed by atoms with Gasteiger partial charge in [0.05, 0.1) is 6.54 Å². The van der Waals surface area contributed by atoms with Gasteiger partial charge in [-0.3, -0.25) is 9.69 Å².